The molecular weight excluding hydrogens is 962 g/mol. The van der Waals surface area contributed by atoms with E-state index in [-0.39, 0.29) is 29.6 Å². The summed E-state index contributed by atoms with van der Waals surface area (Å²) in [4.78, 5) is 40.2. The summed E-state index contributed by atoms with van der Waals surface area (Å²) in [6.45, 7) is 28.1. The number of aromatic nitrogens is 4. The molecule has 5 aromatic rings. The van der Waals surface area contributed by atoms with E-state index in [0.29, 0.717) is 66.5 Å². The molecule has 0 unspecified atom stereocenters. The standard InChI is InChI=1S/C51H72FN7O7S2Si2/c1-36-33-43(55-56-45(36)54-48-59(35-63-31-32-69(10,11)12)39-22-15-16-23-41(39)67-48)58(28-17-18-30-65-70(13,14)51(5,6)7)47-53-44(46(60)62-9)42(68-47)24-20-29-64-40-26-25-37(34-38(40)52)21-19-27-57(8)49(61)66-50(2,3)4/h15-16,22-23,25-26,33-34H,17-18,20,24,27-32,35H2,1-14H3/b54-48-. The number of carbonyl (C=O) groups is 2. The van der Waals surface area contributed by atoms with Crippen LogP contribution in [0.2, 0.25) is 43.8 Å². The predicted octanol–water partition coefficient (Wildman–Crippen LogP) is 11.9. The Labute approximate surface area is 423 Å². The van der Waals surface area contributed by atoms with Crippen LogP contribution < -0.4 is 14.4 Å². The van der Waals surface area contributed by atoms with Gasteiger partial charge < -0.3 is 33.2 Å². The number of hydrogen-bond donors (Lipinski definition) is 0. The van der Waals surface area contributed by atoms with Crippen LogP contribution in [0.25, 0.3) is 10.2 Å². The van der Waals surface area contributed by atoms with E-state index in [1.54, 1.807) is 45.2 Å². The summed E-state index contributed by atoms with van der Waals surface area (Å²) < 4.78 is 47.5. The number of fused-ring (bicyclic) bond motifs is 1. The van der Waals surface area contributed by atoms with E-state index in [2.05, 4.69) is 87.1 Å². The molecule has 14 nitrogen and oxygen atoms in total. The number of hydrogen-bond acceptors (Lipinski definition) is 14. The fourth-order valence-corrected chi connectivity index (χ4v) is 10.4. The van der Waals surface area contributed by atoms with Gasteiger partial charge in [-0.3, -0.25) is 4.57 Å². The highest BCUT2D eigenvalue weighted by Gasteiger charge is 2.37. The second-order valence-corrected chi connectivity index (χ2v) is 33.4. The first-order valence-corrected chi connectivity index (χ1v) is 32.0. The highest BCUT2D eigenvalue weighted by Crippen LogP contribution is 2.37. The number of halogens is 1. The van der Waals surface area contributed by atoms with E-state index in [1.807, 2.05) is 30.0 Å². The third-order valence-corrected chi connectivity index (χ3v) is 20.0. The van der Waals surface area contributed by atoms with Crippen LogP contribution >= 0.6 is 22.7 Å². The number of ether oxygens (including phenoxy) is 4. The van der Waals surface area contributed by atoms with Gasteiger partial charge in [0.2, 0.25) is 0 Å². The van der Waals surface area contributed by atoms with E-state index in [0.717, 1.165) is 39.5 Å². The fourth-order valence-electron chi connectivity index (χ4n) is 6.44. The summed E-state index contributed by atoms with van der Waals surface area (Å²) in [6.07, 6.45) is 1.96. The maximum Gasteiger partial charge on any atom is 0.410 e. The second-order valence-electron chi connectivity index (χ2n) is 20.9. The number of methoxy groups -OCH3 is 1. The van der Waals surface area contributed by atoms with E-state index >= 15 is 4.39 Å². The molecule has 0 bridgehead atoms. The topological polar surface area (TPSA) is 143 Å². The molecule has 2 aromatic carbocycles. The molecule has 0 aliphatic carbocycles. The third-order valence-electron chi connectivity index (χ3n) is 11.6. The van der Waals surface area contributed by atoms with Crippen LogP contribution in [0, 0.1) is 24.6 Å². The van der Waals surface area contributed by atoms with Gasteiger partial charge in [0, 0.05) is 45.3 Å². The summed E-state index contributed by atoms with van der Waals surface area (Å²) >= 11 is 2.96. The zero-order valence-corrected chi connectivity index (χ0v) is 47.2. The van der Waals surface area contributed by atoms with Gasteiger partial charge in [-0.15, -0.1) is 21.5 Å². The summed E-state index contributed by atoms with van der Waals surface area (Å²) in [5.41, 5.74) is 1.89. The molecule has 380 valence electrons. The Balaban J connectivity index is 1.35. The molecule has 5 rings (SSSR count). The van der Waals surface area contributed by atoms with Gasteiger partial charge in [-0.1, -0.05) is 75.7 Å². The van der Waals surface area contributed by atoms with Crippen molar-refractivity contribution in [3.8, 4) is 17.6 Å². The third kappa shape index (κ3) is 16.3. The quantitative estimate of drug-likeness (QED) is 0.0300. The van der Waals surface area contributed by atoms with Crippen LogP contribution in [0.4, 0.5) is 26.0 Å². The predicted molar refractivity (Wildman–Crippen MR) is 285 cm³/mol. The molecule has 0 aliphatic heterocycles. The normalized spacial score (nSPS) is 12.5. The molecule has 0 radical (unpaired) electrons. The van der Waals surface area contributed by atoms with E-state index in [9.17, 15) is 9.59 Å². The lowest BCUT2D eigenvalue weighted by Crippen LogP contribution is -2.41. The zero-order valence-electron chi connectivity index (χ0n) is 43.6. The minimum Gasteiger partial charge on any atom is -0.491 e. The maximum atomic E-state index is 15.2. The van der Waals surface area contributed by atoms with Gasteiger partial charge in [0.25, 0.3) is 0 Å². The number of esters is 1. The van der Waals surface area contributed by atoms with Crippen LogP contribution in [0.5, 0.6) is 5.75 Å². The number of benzene rings is 2. The number of carbonyl (C=O) groups excluding carboxylic acids is 2. The van der Waals surface area contributed by atoms with E-state index < -0.39 is 39.9 Å². The van der Waals surface area contributed by atoms with Crippen molar-refractivity contribution in [2.75, 3.05) is 52.0 Å². The highest BCUT2D eigenvalue weighted by atomic mass is 32.1. The zero-order chi connectivity index (χ0) is 51.4. The Bertz CT molecular complexity index is 2710. The lowest BCUT2D eigenvalue weighted by Gasteiger charge is -2.36. The first-order valence-electron chi connectivity index (χ1n) is 23.8. The number of amides is 1. The van der Waals surface area contributed by atoms with Crippen molar-refractivity contribution < 1.29 is 37.4 Å². The van der Waals surface area contributed by atoms with Crippen LogP contribution in [0.15, 0.2) is 53.5 Å². The summed E-state index contributed by atoms with van der Waals surface area (Å²) in [7, 11) is -0.275. The van der Waals surface area contributed by atoms with Crippen molar-refractivity contribution in [3.63, 3.8) is 0 Å². The first kappa shape index (κ1) is 55.9. The highest BCUT2D eigenvalue weighted by molar-refractivity contribution is 7.16. The lowest BCUT2D eigenvalue weighted by molar-refractivity contribution is 0.0320. The minimum absolute atomic E-state index is 0.0791. The van der Waals surface area contributed by atoms with Crippen molar-refractivity contribution in [3.05, 3.63) is 80.8 Å². The Morgan fingerprint density at radius 2 is 1.67 bits per heavy atom. The Hall–Kier alpha value is -4.98. The number of thiazole rings is 2. The van der Waals surface area contributed by atoms with Gasteiger partial charge in [-0.25, -0.2) is 19.0 Å². The largest absolute Gasteiger partial charge is 0.491 e. The molecule has 0 saturated heterocycles. The number of anilines is 2. The van der Waals surface area contributed by atoms with Gasteiger partial charge in [-0.2, -0.15) is 4.99 Å². The van der Waals surface area contributed by atoms with Crippen LogP contribution in [0.3, 0.4) is 0 Å². The number of nitrogens with zero attached hydrogens (tertiary/aromatic N) is 7. The van der Waals surface area contributed by atoms with Gasteiger partial charge >= 0.3 is 12.1 Å². The van der Waals surface area contributed by atoms with Gasteiger partial charge in [0.05, 0.1) is 30.5 Å². The van der Waals surface area contributed by atoms with Crippen molar-refractivity contribution in [1.29, 1.82) is 0 Å². The fraction of sp³-hybridized carbons (Fsp3) is 0.529. The summed E-state index contributed by atoms with van der Waals surface area (Å²) in [6, 6.07) is 15.7. The van der Waals surface area contributed by atoms with E-state index in [4.69, 9.17) is 38.4 Å². The molecule has 3 heterocycles. The molecular formula is C51H72FN7O7S2Si2. The molecule has 19 heteroatoms. The van der Waals surface area contributed by atoms with Gasteiger partial charge in [0.15, 0.2) is 47.1 Å². The molecule has 0 saturated carbocycles. The van der Waals surface area contributed by atoms with Gasteiger partial charge in [0.1, 0.15) is 12.3 Å². The average Bonchev–Trinajstić information content (AvgIpc) is 3.85. The Morgan fingerprint density at radius 1 is 0.929 bits per heavy atom. The lowest BCUT2D eigenvalue weighted by atomic mass is 10.2. The van der Waals surface area contributed by atoms with Crippen LogP contribution in [-0.4, -0.2) is 106 Å². The molecule has 0 aliphatic rings. The van der Waals surface area contributed by atoms with Crippen molar-refractivity contribution in [2.45, 2.75) is 130 Å². The van der Waals surface area contributed by atoms with Crippen molar-refractivity contribution >= 4 is 78.1 Å². The van der Waals surface area contributed by atoms with Gasteiger partial charge in [-0.05, 0) is 120 Å². The minimum atomic E-state index is -1.94. The second kappa shape index (κ2) is 24.4. The first-order chi connectivity index (χ1) is 32.9. The SMILES string of the molecule is COC(=O)c1nc(N(CCCCO[Si](C)(C)C(C)(C)C)c2cc(C)c(/N=c3\sc4ccccc4n3COCC[Si](C)(C)C)nn2)sc1CCCOc1ccc(C#CCN(C)C(=O)OC(C)(C)C)cc1F. The molecule has 0 atom stereocenters. The summed E-state index contributed by atoms with van der Waals surface area (Å²) in [5.74, 6) is 5.79. The molecule has 0 fully saturated rings. The molecule has 0 N–H and O–H groups in total. The van der Waals surface area contributed by atoms with E-state index in [1.165, 1.54) is 35.5 Å². The Morgan fingerprint density at radius 3 is 2.34 bits per heavy atom. The number of aryl methyl sites for hydroxylation is 2. The molecule has 3 aromatic heterocycles. The molecule has 70 heavy (non-hydrogen) atoms. The molecule has 1 amide bonds. The smallest absolute Gasteiger partial charge is 0.410 e. The average molecular weight is 1030 g/mol. The maximum absolute atomic E-state index is 15.2. The summed E-state index contributed by atoms with van der Waals surface area (Å²) in [5, 5.41) is 10.1. The van der Waals surface area contributed by atoms with Crippen LogP contribution in [-0.2, 0) is 31.8 Å². The number of rotatable bonds is 21. The monoisotopic (exact) mass is 1030 g/mol. The van der Waals surface area contributed by atoms with Crippen molar-refractivity contribution in [1.82, 2.24) is 24.6 Å². The van der Waals surface area contributed by atoms with Crippen molar-refractivity contribution in [2.24, 2.45) is 4.99 Å². The molecule has 0 spiro atoms. The number of para-hydroxylation sites is 1. The number of unbranched alkanes of at least 4 members (excludes halogenated alkanes) is 1. The van der Waals surface area contributed by atoms with Crippen LogP contribution in [0.1, 0.15) is 87.3 Å². The Kier molecular flexibility index (Phi) is 19.5.